The zero-order chi connectivity index (χ0) is 18.4. The van der Waals surface area contributed by atoms with Crippen molar-refractivity contribution in [2.75, 3.05) is 25.0 Å². The fourth-order valence-electron chi connectivity index (χ4n) is 5.23. The van der Waals surface area contributed by atoms with E-state index < -0.39 is 0 Å². The molecule has 27 heavy (non-hydrogen) atoms. The third kappa shape index (κ3) is 2.86. The fraction of sp³-hybridized carbons (Fsp3) is 0.619. The van der Waals surface area contributed by atoms with Crippen molar-refractivity contribution in [1.82, 2.24) is 19.7 Å². The Hall–Kier alpha value is -1.92. The Labute approximate surface area is 161 Å². The van der Waals surface area contributed by atoms with Crippen LogP contribution in [-0.2, 0) is 18.5 Å². The van der Waals surface area contributed by atoms with Crippen molar-refractivity contribution in [2.24, 2.45) is 5.73 Å². The molecule has 2 aliphatic heterocycles. The molecule has 0 atom stereocenters. The molecule has 5 rings (SSSR count). The molecule has 2 aromatic rings. The summed E-state index contributed by atoms with van der Waals surface area (Å²) in [6.45, 7) is 7.37. The van der Waals surface area contributed by atoms with Crippen LogP contribution in [0.25, 0.3) is 0 Å². The Balaban J connectivity index is 1.27. The van der Waals surface area contributed by atoms with Crippen molar-refractivity contribution in [3.8, 4) is 0 Å². The van der Waals surface area contributed by atoms with Gasteiger partial charge in [0.2, 0.25) is 0 Å². The van der Waals surface area contributed by atoms with E-state index in [2.05, 4.69) is 56.2 Å². The number of nitrogens with one attached hydrogen (secondary N) is 1. The molecule has 0 unspecified atom stereocenters. The van der Waals surface area contributed by atoms with E-state index in [0.29, 0.717) is 17.4 Å². The lowest BCUT2D eigenvalue weighted by atomic mass is 9.74. The first kappa shape index (κ1) is 17.2. The first-order valence-electron chi connectivity index (χ1n) is 10.4. The van der Waals surface area contributed by atoms with Gasteiger partial charge in [0.15, 0.2) is 0 Å². The second-order valence-electron chi connectivity index (χ2n) is 8.60. The zero-order valence-corrected chi connectivity index (χ0v) is 16.2. The number of hydrogen-bond acceptors (Lipinski definition) is 5. The molecule has 144 valence electrons. The van der Waals surface area contributed by atoms with Crippen molar-refractivity contribution in [2.45, 2.75) is 63.1 Å². The van der Waals surface area contributed by atoms with E-state index in [1.807, 2.05) is 0 Å². The Morgan fingerprint density at radius 3 is 2.70 bits per heavy atom. The van der Waals surface area contributed by atoms with Crippen molar-refractivity contribution < 1.29 is 0 Å². The number of fused-ring (bicyclic) bond motifs is 2. The quantitative estimate of drug-likeness (QED) is 0.870. The molecule has 6 nitrogen and oxygen atoms in total. The lowest BCUT2D eigenvalue weighted by molar-refractivity contribution is 0.157. The van der Waals surface area contributed by atoms with E-state index in [4.69, 9.17) is 5.73 Å². The molecule has 0 amide bonds. The van der Waals surface area contributed by atoms with Gasteiger partial charge >= 0.3 is 0 Å². The number of piperidine rings is 1. The number of likely N-dealkylation sites (tertiary alicyclic amines) is 1. The molecule has 6 heteroatoms. The molecule has 0 radical (unpaired) electrons. The smallest absolute Gasteiger partial charge is 0.147 e. The summed E-state index contributed by atoms with van der Waals surface area (Å²) < 4.78 is 2.33. The van der Waals surface area contributed by atoms with Gasteiger partial charge in [-0.25, -0.2) is 0 Å². The molecule has 1 aromatic carbocycles. The molecule has 1 saturated heterocycles. The van der Waals surface area contributed by atoms with Crippen molar-refractivity contribution in [1.29, 1.82) is 0 Å². The fourth-order valence-corrected chi connectivity index (χ4v) is 5.23. The average Bonchev–Trinajstić information content (AvgIpc) is 3.23. The highest BCUT2D eigenvalue weighted by molar-refractivity contribution is 5.60. The number of para-hydroxylation sites is 1. The SMILES string of the molecule is CCn1c(CN2CCC3(CC2)CNc2ccccc23)nnc1C1CC(N)C1. The Bertz CT molecular complexity index is 814. The van der Waals surface area contributed by atoms with Gasteiger partial charge in [-0.2, -0.15) is 0 Å². The van der Waals surface area contributed by atoms with Gasteiger partial charge < -0.3 is 15.6 Å². The van der Waals surface area contributed by atoms with Gasteiger partial charge in [0.05, 0.1) is 6.54 Å². The molecule has 1 aromatic heterocycles. The summed E-state index contributed by atoms with van der Waals surface area (Å²) in [6, 6.07) is 9.19. The molecular weight excluding hydrogens is 336 g/mol. The predicted octanol–water partition coefficient (Wildman–Crippen LogP) is 2.46. The third-order valence-corrected chi connectivity index (χ3v) is 7.01. The van der Waals surface area contributed by atoms with Crippen LogP contribution in [0.1, 0.15) is 55.7 Å². The lowest BCUT2D eigenvalue weighted by Gasteiger charge is -2.39. The summed E-state index contributed by atoms with van der Waals surface area (Å²) in [7, 11) is 0. The molecular formula is C21H30N6. The summed E-state index contributed by atoms with van der Waals surface area (Å²) in [5, 5.41) is 12.7. The zero-order valence-electron chi connectivity index (χ0n) is 16.2. The van der Waals surface area contributed by atoms with Gasteiger partial charge in [-0.15, -0.1) is 10.2 Å². The molecule has 3 N–H and O–H groups in total. The van der Waals surface area contributed by atoms with Crippen LogP contribution in [0, 0.1) is 0 Å². The van der Waals surface area contributed by atoms with Crippen LogP contribution in [0.3, 0.4) is 0 Å². The molecule has 0 bridgehead atoms. The number of nitrogens with zero attached hydrogens (tertiary/aromatic N) is 4. The molecule has 1 spiro atoms. The van der Waals surface area contributed by atoms with Gasteiger partial charge in [0.1, 0.15) is 11.6 Å². The van der Waals surface area contributed by atoms with Crippen molar-refractivity contribution >= 4 is 5.69 Å². The Morgan fingerprint density at radius 2 is 1.96 bits per heavy atom. The summed E-state index contributed by atoms with van der Waals surface area (Å²) >= 11 is 0. The van der Waals surface area contributed by atoms with Gasteiger partial charge in [0.25, 0.3) is 0 Å². The van der Waals surface area contributed by atoms with Crippen LogP contribution in [0.5, 0.6) is 0 Å². The number of benzene rings is 1. The van der Waals surface area contributed by atoms with Crippen LogP contribution in [0.15, 0.2) is 24.3 Å². The number of hydrogen-bond donors (Lipinski definition) is 2. The summed E-state index contributed by atoms with van der Waals surface area (Å²) in [6.07, 6.45) is 4.52. The standard InChI is InChI=1S/C21H30N6/c1-2-27-19(24-25-20(27)15-11-16(22)12-15)13-26-9-7-21(8-10-26)14-23-18-6-4-3-5-17(18)21/h3-6,15-16,23H,2,7-14,22H2,1H3. The monoisotopic (exact) mass is 366 g/mol. The summed E-state index contributed by atoms with van der Waals surface area (Å²) in [4.78, 5) is 2.55. The second-order valence-corrected chi connectivity index (χ2v) is 8.60. The maximum Gasteiger partial charge on any atom is 0.147 e. The minimum Gasteiger partial charge on any atom is -0.384 e. The van der Waals surface area contributed by atoms with Crippen molar-refractivity contribution in [3.63, 3.8) is 0 Å². The van der Waals surface area contributed by atoms with Crippen molar-refractivity contribution in [3.05, 3.63) is 41.5 Å². The van der Waals surface area contributed by atoms with E-state index in [1.54, 1.807) is 0 Å². The average molecular weight is 367 g/mol. The van der Waals surface area contributed by atoms with E-state index in [-0.39, 0.29) is 0 Å². The highest BCUT2D eigenvalue weighted by atomic mass is 15.3. The molecule has 1 saturated carbocycles. The van der Waals surface area contributed by atoms with E-state index >= 15 is 0 Å². The first-order chi connectivity index (χ1) is 13.2. The normalized spacial score (nSPS) is 26.6. The first-order valence-corrected chi connectivity index (χ1v) is 10.4. The molecule has 1 aliphatic carbocycles. The topological polar surface area (TPSA) is 72.0 Å². The summed E-state index contributed by atoms with van der Waals surface area (Å²) in [5.74, 6) is 2.78. The van der Waals surface area contributed by atoms with Gasteiger partial charge in [-0.05, 0) is 57.3 Å². The van der Waals surface area contributed by atoms with Crippen LogP contribution >= 0.6 is 0 Å². The predicted molar refractivity (Wildman–Crippen MR) is 107 cm³/mol. The van der Waals surface area contributed by atoms with Gasteiger partial charge in [-0.3, -0.25) is 4.90 Å². The van der Waals surface area contributed by atoms with E-state index in [9.17, 15) is 0 Å². The maximum atomic E-state index is 5.97. The molecule has 2 fully saturated rings. The van der Waals surface area contributed by atoms with Gasteiger partial charge in [-0.1, -0.05) is 18.2 Å². The van der Waals surface area contributed by atoms with Crippen LogP contribution in [-0.4, -0.2) is 45.3 Å². The largest absolute Gasteiger partial charge is 0.384 e. The Kier molecular flexibility index (Phi) is 4.20. The van der Waals surface area contributed by atoms with Crippen LogP contribution in [0.2, 0.25) is 0 Å². The van der Waals surface area contributed by atoms with Crippen LogP contribution < -0.4 is 11.1 Å². The Morgan fingerprint density at radius 1 is 1.19 bits per heavy atom. The maximum absolute atomic E-state index is 5.97. The number of nitrogens with two attached hydrogens (primary N) is 1. The minimum atomic E-state index is 0.318. The van der Waals surface area contributed by atoms with E-state index in [1.165, 1.54) is 24.1 Å². The third-order valence-electron chi connectivity index (χ3n) is 7.01. The number of rotatable bonds is 4. The molecule has 3 aliphatic rings. The number of aromatic nitrogens is 3. The van der Waals surface area contributed by atoms with Crippen LogP contribution in [0.4, 0.5) is 5.69 Å². The minimum absolute atomic E-state index is 0.318. The van der Waals surface area contributed by atoms with Gasteiger partial charge in [0, 0.05) is 36.2 Å². The summed E-state index contributed by atoms with van der Waals surface area (Å²) in [5.41, 5.74) is 9.14. The molecule has 3 heterocycles. The van der Waals surface area contributed by atoms with E-state index in [0.717, 1.165) is 57.2 Å². The second kappa shape index (κ2) is 6.60. The lowest BCUT2D eigenvalue weighted by Crippen LogP contribution is -2.43. The highest BCUT2D eigenvalue weighted by Crippen LogP contribution is 2.44. The number of anilines is 1. The highest BCUT2D eigenvalue weighted by Gasteiger charge is 2.41.